The summed E-state index contributed by atoms with van der Waals surface area (Å²) in [5.74, 6) is 2.70. The van der Waals surface area contributed by atoms with Gasteiger partial charge < -0.3 is 9.88 Å². The summed E-state index contributed by atoms with van der Waals surface area (Å²) in [6, 6.07) is 12.7. The van der Waals surface area contributed by atoms with Crippen LogP contribution in [-0.4, -0.2) is 40.2 Å². The van der Waals surface area contributed by atoms with E-state index >= 15 is 0 Å². The average molecular weight is 455 g/mol. The number of fused-ring (bicyclic) bond motifs is 2. The molecular formula is C26H30N8. The van der Waals surface area contributed by atoms with Crippen LogP contribution in [0.4, 0.5) is 5.82 Å². The van der Waals surface area contributed by atoms with E-state index in [9.17, 15) is 0 Å². The van der Waals surface area contributed by atoms with Crippen LogP contribution in [0.3, 0.4) is 0 Å². The summed E-state index contributed by atoms with van der Waals surface area (Å²) in [5.41, 5.74) is 5.71. The molecule has 174 valence electrons. The molecule has 4 heterocycles. The third-order valence-corrected chi connectivity index (χ3v) is 6.10. The molecule has 1 unspecified atom stereocenters. The van der Waals surface area contributed by atoms with Crippen LogP contribution in [0.1, 0.15) is 63.7 Å². The Kier molecular flexibility index (Phi) is 5.51. The number of nitrogens with one attached hydrogen (secondary N) is 1. The second-order valence-electron chi connectivity index (χ2n) is 9.35. The van der Waals surface area contributed by atoms with Crippen molar-refractivity contribution in [3.63, 3.8) is 0 Å². The summed E-state index contributed by atoms with van der Waals surface area (Å²) in [6.45, 7) is 12.7. The standard InChI is InChI=1S/C26H30N8/c1-15(2)19-10-11-21-23(13-19)34(17(5)20-9-7-8-12-27-20)25(30-21)22-14-33-18(6)31-32-26(33)24(29-22)28-16(3)4/h7-17H,1-6H3,(H,28,29). The Morgan fingerprint density at radius 1 is 0.941 bits per heavy atom. The van der Waals surface area contributed by atoms with Gasteiger partial charge in [-0.15, -0.1) is 10.2 Å². The van der Waals surface area contributed by atoms with Gasteiger partial charge in [0.05, 0.1) is 22.8 Å². The van der Waals surface area contributed by atoms with E-state index in [1.165, 1.54) is 5.56 Å². The second-order valence-corrected chi connectivity index (χ2v) is 9.35. The molecule has 0 aliphatic heterocycles. The topological polar surface area (TPSA) is 85.8 Å². The van der Waals surface area contributed by atoms with Gasteiger partial charge in [-0.2, -0.15) is 0 Å². The molecular weight excluding hydrogens is 424 g/mol. The number of imidazole rings is 1. The minimum absolute atomic E-state index is 0.0374. The predicted molar refractivity (Wildman–Crippen MR) is 135 cm³/mol. The van der Waals surface area contributed by atoms with E-state index in [1.807, 2.05) is 35.9 Å². The molecule has 0 saturated carbocycles. The van der Waals surface area contributed by atoms with E-state index < -0.39 is 0 Å². The third-order valence-electron chi connectivity index (χ3n) is 6.10. The lowest BCUT2D eigenvalue weighted by Gasteiger charge is -2.18. The van der Waals surface area contributed by atoms with E-state index in [0.717, 1.165) is 34.1 Å². The van der Waals surface area contributed by atoms with Crippen molar-refractivity contribution < 1.29 is 0 Å². The van der Waals surface area contributed by atoms with Gasteiger partial charge in [-0.3, -0.25) is 9.38 Å². The van der Waals surface area contributed by atoms with E-state index in [1.54, 1.807) is 0 Å². The summed E-state index contributed by atoms with van der Waals surface area (Å²) < 4.78 is 4.22. The molecule has 0 fully saturated rings. The number of aryl methyl sites for hydroxylation is 1. The van der Waals surface area contributed by atoms with Gasteiger partial charge in [0, 0.05) is 18.4 Å². The first kappa shape index (κ1) is 22.0. The number of pyridine rings is 1. The SMILES string of the molecule is Cc1nnc2c(NC(C)C)nc(-c3nc4ccc(C(C)C)cc4n3C(C)c3ccccn3)cn12. The fourth-order valence-electron chi connectivity index (χ4n) is 4.28. The molecule has 0 radical (unpaired) electrons. The molecule has 34 heavy (non-hydrogen) atoms. The summed E-state index contributed by atoms with van der Waals surface area (Å²) in [4.78, 5) is 14.7. The number of aromatic nitrogens is 7. The molecule has 0 spiro atoms. The largest absolute Gasteiger partial charge is 0.365 e. The van der Waals surface area contributed by atoms with E-state index in [0.29, 0.717) is 17.4 Å². The molecule has 0 aliphatic rings. The summed E-state index contributed by atoms with van der Waals surface area (Å²) >= 11 is 0. The van der Waals surface area contributed by atoms with Crippen LogP contribution >= 0.6 is 0 Å². The number of hydrogen-bond donors (Lipinski definition) is 1. The maximum absolute atomic E-state index is 5.06. The number of rotatable bonds is 6. The molecule has 5 rings (SSSR count). The van der Waals surface area contributed by atoms with Crippen molar-refractivity contribution in [2.45, 2.75) is 59.5 Å². The summed E-state index contributed by atoms with van der Waals surface area (Å²) in [7, 11) is 0. The quantitative estimate of drug-likeness (QED) is 0.370. The van der Waals surface area contributed by atoms with Crippen LogP contribution in [0.5, 0.6) is 0 Å². The number of anilines is 1. The Hall–Kier alpha value is -3.81. The predicted octanol–water partition coefficient (Wildman–Crippen LogP) is 5.40. The molecule has 4 aromatic heterocycles. The normalized spacial score (nSPS) is 12.8. The summed E-state index contributed by atoms with van der Waals surface area (Å²) in [6.07, 6.45) is 3.81. The fraction of sp³-hybridized carbons (Fsp3) is 0.346. The fourth-order valence-corrected chi connectivity index (χ4v) is 4.28. The molecule has 1 aromatic carbocycles. The van der Waals surface area contributed by atoms with Crippen molar-refractivity contribution in [3.05, 3.63) is 65.9 Å². The molecule has 0 amide bonds. The van der Waals surface area contributed by atoms with Crippen molar-refractivity contribution in [2.24, 2.45) is 0 Å². The first-order chi connectivity index (χ1) is 16.3. The lowest BCUT2D eigenvalue weighted by atomic mass is 10.0. The highest BCUT2D eigenvalue weighted by atomic mass is 15.3. The van der Waals surface area contributed by atoms with Crippen molar-refractivity contribution in [3.8, 4) is 11.5 Å². The zero-order valence-electron chi connectivity index (χ0n) is 20.5. The van der Waals surface area contributed by atoms with Crippen molar-refractivity contribution in [1.82, 2.24) is 34.1 Å². The Morgan fingerprint density at radius 3 is 2.47 bits per heavy atom. The average Bonchev–Trinajstić information content (AvgIpc) is 3.39. The van der Waals surface area contributed by atoms with Gasteiger partial charge >= 0.3 is 0 Å². The van der Waals surface area contributed by atoms with Crippen LogP contribution < -0.4 is 5.32 Å². The molecule has 0 aliphatic carbocycles. The molecule has 8 heteroatoms. The van der Waals surface area contributed by atoms with Crippen molar-refractivity contribution in [2.75, 3.05) is 5.32 Å². The van der Waals surface area contributed by atoms with Crippen LogP contribution in [0, 0.1) is 6.92 Å². The first-order valence-electron chi connectivity index (χ1n) is 11.8. The monoisotopic (exact) mass is 454 g/mol. The van der Waals surface area contributed by atoms with E-state index in [2.05, 4.69) is 83.9 Å². The maximum Gasteiger partial charge on any atom is 0.203 e. The Morgan fingerprint density at radius 2 is 1.76 bits per heavy atom. The van der Waals surface area contributed by atoms with Gasteiger partial charge in [0.15, 0.2) is 11.6 Å². The van der Waals surface area contributed by atoms with Crippen LogP contribution in [-0.2, 0) is 0 Å². The van der Waals surface area contributed by atoms with Crippen molar-refractivity contribution >= 4 is 22.5 Å². The smallest absolute Gasteiger partial charge is 0.203 e. The van der Waals surface area contributed by atoms with Gasteiger partial charge in [0.2, 0.25) is 5.65 Å². The zero-order chi connectivity index (χ0) is 24.0. The van der Waals surface area contributed by atoms with Gasteiger partial charge in [0.25, 0.3) is 0 Å². The molecule has 1 atom stereocenters. The Balaban J connectivity index is 1.80. The Bertz CT molecular complexity index is 1460. The molecule has 5 aromatic rings. The molecule has 0 bridgehead atoms. The van der Waals surface area contributed by atoms with Crippen LogP contribution in [0.15, 0.2) is 48.8 Å². The third kappa shape index (κ3) is 3.79. The van der Waals surface area contributed by atoms with Gasteiger partial charge in [-0.05, 0) is 63.4 Å². The molecule has 8 nitrogen and oxygen atoms in total. The van der Waals surface area contributed by atoms with Gasteiger partial charge in [-0.1, -0.05) is 26.0 Å². The zero-order valence-corrected chi connectivity index (χ0v) is 20.5. The highest BCUT2D eigenvalue weighted by Gasteiger charge is 2.23. The van der Waals surface area contributed by atoms with Crippen LogP contribution in [0.2, 0.25) is 0 Å². The molecule has 0 saturated heterocycles. The maximum atomic E-state index is 5.06. The number of benzene rings is 1. The number of nitrogens with zero attached hydrogens (tertiary/aromatic N) is 7. The lowest BCUT2D eigenvalue weighted by molar-refractivity contribution is 0.643. The Labute approximate surface area is 199 Å². The van der Waals surface area contributed by atoms with E-state index in [4.69, 9.17) is 9.97 Å². The second kappa shape index (κ2) is 8.52. The van der Waals surface area contributed by atoms with E-state index in [-0.39, 0.29) is 12.1 Å². The van der Waals surface area contributed by atoms with Gasteiger partial charge in [-0.25, -0.2) is 9.97 Å². The summed E-state index contributed by atoms with van der Waals surface area (Å²) in [5, 5.41) is 12.0. The van der Waals surface area contributed by atoms with Crippen molar-refractivity contribution in [1.29, 1.82) is 0 Å². The minimum atomic E-state index is -0.0374. The first-order valence-corrected chi connectivity index (χ1v) is 11.8. The highest BCUT2D eigenvalue weighted by Crippen LogP contribution is 2.33. The van der Waals surface area contributed by atoms with Gasteiger partial charge in [0.1, 0.15) is 11.5 Å². The molecule has 1 N–H and O–H groups in total. The van der Waals surface area contributed by atoms with Crippen LogP contribution in [0.25, 0.3) is 28.2 Å². The highest BCUT2D eigenvalue weighted by molar-refractivity contribution is 5.82. The lowest BCUT2D eigenvalue weighted by Crippen LogP contribution is -2.14. The number of hydrogen-bond acceptors (Lipinski definition) is 6. The minimum Gasteiger partial charge on any atom is -0.365 e.